The molecular weight excluding hydrogens is 312 g/mol. The first-order chi connectivity index (χ1) is 9.70. The Morgan fingerprint density at radius 2 is 1.95 bits per heavy atom. The predicted molar refractivity (Wildman–Crippen MR) is 85.3 cm³/mol. The fourth-order valence-corrected chi connectivity index (χ4v) is 6.22. The second-order valence-corrected chi connectivity index (χ2v) is 7.93. The highest BCUT2D eigenvalue weighted by Gasteiger charge is 2.66. The second kappa shape index (κ2) is 4.76. The van der Waals surface area contributed by atoms with Crippen LogP contribution in [0, 0.1) is 36.5 Å². The van der Waals surface area contributed by atoms with Crippen molar-refractivity contribution in [2.24, 2.45) is 29.6 Å². The molecule has 0 aromatic heterocycles. The number of rotatable bonds is 4. The van der Waals surface area contributed by atoms with Gasteiger partial charge in [-0.15, -0.1) is 0 Å². The number of hydrogen-bond acceptors (Lipinski definition) is 1. The average Bonchev–Trinajstić information content (AvgIpc) is 2.88. The minimum Gasteiger partial charge on any atom is -0.494 e. The number of alkyl halides is 1. The number of benzene rings is 1. The number of hydrogen-bond donors (Lipinski definition) is 0. The molecule has 2 bridgehead atoms. The van der Waals surface area contributed by atoms with Crippen LogP contribution in [0.3, 0.4) is 0 Å². The lowest BCUT2D eigenvalue weighted by Crippen LogP contribution is -2.06. The van der Waals surface area contributed by atoms with E-state index >= 15 is 0 Å². The fraction of sp³-hybridized carbons (Fsp3) is 0.667. The fourth-order valence-electron chi connectivity index (χ4n) is 5.16. The second-order valence-electron chi connectivity index (χ2n) is 6.94. The summed E-state index contributed by atoms with van der Waals surface area (Å²) in [7, 11) is 0. The monoisotopic (exact) mass is 334 g/mol. The molecule has 0 saturated heterocycles. The molecule has 1 aromatic carbocycles. The summed E-state index contributed by atoms with van der Waals surface area (Å²) in [5.41, 5.74) is 2.72. The van der Waals surface area contributed by atoms with Gasteiger partial charge in [0.05, 0.1) is 6.61 Å². The summed E-state index contributed by atoms with van der Waals surface area (Å²) >= 11 is 4.03. The Balaban J connectivity index is 1.60. The zero-order valence-corrected chi connectivity index (χ0v) is 13.9. The van der Waals surface area contributed by atoms with Crippen molar-refractivity contribution in [3.8, 4) is 5.75 Å². The van der Waals surface area contributed by atoms with Gasteiger partial charge in [-0.1, -0.05) is 33.6 Å². The van der Waals surface area contributed by atoms with E-state index in [9.17, 15) is 0 Å². The van der Waals surface area contributed by atoms with Crippen LogP contribution >= 0.6 is 15.9 Å². The van der Waals surface area contributed by atoms with Gasteiger partial charge in [-0.05, 0) is 68.8 Å². The first kappa shape index (κ1) is 13.2. The van der Waals surface area contributed by atoms with Gasteiger partial charge in [-0.3, -0.25) is 0 Å². The molecule has 1 nitrogen and oxygen atoms in total. The molecule has 2 heteroatoms. The van der Waals surface area contributed by atoms with Crippen molar-refractivity contribution >= 4 is 15.9 Å². The van der Waals surface area contributed by atoms with E-state index in [4.69, 9.17) is 4.74 Å². The summed E-state index contributed by atoms with van der Waals surface area (Å²) in [6.07, 6.45) is 4.51. The van der Waals surface area contributed by atoms with Crippen LogP contribution in [0.15, 0.2) is 18.2 Å². The van der Waals surface area contributed by atoms with E-state index < -0.39 is 0 Å². The lowest BCUT2D eigenvalue weighted by molar-refractivity contribution is 0.334. The van der Waals surface area contributed by atoms with Crippen LogP contribution < -0.4 is 4.74 Å². The normalized spacial score (nSPS) is 38.6. The highest BCUT2D eigenvalue weighted by molar-refractivity contribution is 9.09. The van der Waals surface area contributed by atoms with Gasteiger partial charge >= 0.3 is 0 Å². The van der Waals surface area contributed by atoms with Gasteiger partial charge in [0.15, 0.2) is 0 Å². The zero-order chi connectivity index (χ0) is 13.9. The largest absolute Gasteiger partial charge is 0.494 e. The Hall–Kier alpha value is -0.500. The van der Waals surface area contributed by atoms with Crippen molar-refractivity contribution in [3.05, 3.63) is 29.3 Å². The minimum atomic E-state index is 0.488. The molecule has 3 aliphatic carbocycles. The van der Waals surface area contributed by atoms with E-state index in [0.29, 0.717) is 4.83 Å². The molecular formula is C18H23BrO. The lowest BCUT2D eigenvalue weighted by atomic mass is 9.96. The maximum absolute atomic E-state index is 5.85. The average molecular weight is 335 g/mol. The summed E-state index contributed by atoms with van der Waals surface area (Å²) in [5, 5.41) is 0. The Labute approximate surface area is 130 Å². The third-order valence-electron chi connectivity index (χ3n) is 5.90. The molecule has 0 amide bonds. The Morgan fingerprint density at radius 3 is 2.60 bits per heavy atom. The summed E-state index contributed by atoms with van der Waals surface area (Å²) in [4.78, 5) is 0.488. The smallest absolute Gasteiger partial charge is 0.123 e. The van der Waals surface area contributed by atoms with Crippen LogP contribution in [0.2, 0.25) is 0 Å². The van der Waals surface area contributed by atoms with Crippen molar-refractivity contribution in [3.63, 3.8) is 0 Å². The standard InChI is InChI=1S/C18H23BrO/c1-3-20-14-7-4-10(2)8-13(14)18(19)17-15-11-5-6-12(9-11)16(15)17/h4,7-8,11-12,15-18H,3,5-6,9H2,1-2H3. The molecule has 0 heterocycles. The topological polar surface area (TPSA) is 9.23 Å². The highest BCUT2D eigenvalue weighted by Crippen LogP contribution is 2.73. The van der Waals surface area contributed by atoms with E-state index in [1.165, 1.54) is 30.4 Å². The molecule has 0 aliphatic heterocycles. The molecule has 0 N–H and O–H groups in total. The zero-order valence-electron chi connectivity index (χ0n) is 12.3. The van der Waals surface area contributed by atoms with Crippen molar-refractivity contribution in [2.75, 3.05) is 6.61 Å². The number of halogens is 1. The Bertz CT molecular complexity index is 510. The summed E-state index contributed by atoms with van der Waals surface area (Å²) < 4.78 is 5.85. The quantitative estimate of drug-likeness (QED) is 0.694. The molecule has 1 aromatic rings. The third-order valence-corrected chi connectivity index (χ3v) is 7.00. The lowest BCUT2D eigenvalue weighted by Gasteiger charge is -2.19. The first-order valence-electron chi connectivity index (χ1n) is 8.08. The van der Waals surface area contributed by atoms with Crippen molar-refractivity contribution in [2.45, 2.75) is 37.9 Å². The van der Waals surface area contributed by atoms with Crippen LogP contribution in [-0.4, -0.2) is 6.61 Å². The molecule has 3 saturated carbocycles. The van der Waals surface area contributed by atoms with Gasteiger partial charge in [-0.25, -0.2) is 0 Å². The van der Waals surface area contributed by atoms with Gasteiger partial charge in [0, 0.05) is 10.4 Å². The maximum atomic E-state index is 5.85. The molecule has 108 valence electrons. The maximum Gasteiger partial charge on any atom is 0.123 e. The summed E-state index contributed by atoms with van der Waals surface area (Å²) in [6.45, 7) is 4.99. The van der Waals surface area contributed by atoms with Crippen LogP contribution in [-0.2, 0) is 0 Å². The molecule has 5 unspecified atom stereocenters. The third kappa shape index (κ3) is 1.87. The SMILES string of the molecule is CCOc1ccc(C)cc1C(Br)C1C2C3CCC(C3)C21. The van der Waals surface area contributed by atoms with E-state index in [2.05, 4.69) is 48.0 Å². The molecule has 3 aliphatic rings. The predicted octanol–water partition coefficient (Wildman–Crippen LogP) is 5.12. The minimum absolute atomic E-state index is 0.488. The van der Waals surface area contributed by atoms with Gasteiger partial charge in [0.2, 0.25) is 0 Å². The van der Waals surface area contributed by atoms with Crippen molar-refractivity contribution in [1.29, 1.82) is 0 Å². The molecule has 0 spiro atoms. The Morgan fingerprint density at radius 1 is 1.25 bits per heavy atom. The van der Waals surface area contributed by atoms with E-state index in [1.54, 1.807) is 0 Å². The highest BCUT2D eigenvalue weighted by atomic mass is 79.9. The number of ether oxygens (including phenoxy) is 1. The van der Waals surface area contributed by atoms with Gasteiger partial charge < -0.3 is 4.74 Å². The molecule has 3 fully saturated rings. The van der Waals surface area contributed by atoms with Crippen LogP contribution in [0.1, 0.15) is 42.1 Å². The van der Waals surface area contributed by atoms with Crippen LogP contribution in [0.25, 0.3) is 0 Å². The Kier molecular flexibility index (Phi) is 3.14. The van der Waals surface area contributed by atoms with Gasteiger partial charge in [-0.2, -0.15) is 0 Å². The van der Waals surface area contributed by atoms with Crippen molar-refractivity contribution < 1.29 is 4.74 Å². The summed E-state index contributed by atoms with van der Waals surface area (Å²) in [6, 6.07) is 6.63. The van der Waals surface area contributed by atoms with Gasteiger partial charge in [0.25, 0.3) is 0 Å². The van der Waals surface area contributed by atoms with Gasteiger partial charge in [0.1, 0.15) is 5.75 Å². The number of fused-ring (bicyclic) bond motifs is 5. The summed E-state index contributed by atoms with van der Waals surface area (Å²) in [5.74, 6) is 6.03. The van der Waals surface area contributed by atoms with Crippen LogP contribution in [0.4, 0.5) is 0 Å². The van der Waals surface area contributed by atoms with Crippen LogP contribution in [0.5, 0.6) is 5.75 Å². The molecule has 4 rings (SSSR count). The molecule has 20 heavy (non-hydrogen) atoms. The number of aryl methyl sites for hydroxylation is 1. The van der Waals surface area contributed by atoms with E-state index in [-0.39, 0.29) is 0 Å². The molecule has 0 radical (unpaired) electrons. The first-order valence-corrected chi connectivity index (χ1v) is 8.99. The van der Waals surface area contributed by atoms with E-state index in [1.807, 2.05) is 0 Å². The molecule has 5 atom stereocenters. The van der Waals surface area contributed by atoms with E-state index in [0.717, 1.165) is 41.9 Å². The van der Waals surface area contributed by atoms with Crippen molar-refractivity contribution in [1.82, 2.24) is 0 Å².